The number of imidazole rings is 1. The lowest BCUT2D eigenvalue weighted by atomic mass is 10.2. The third-order valence-corrected chi connectivity index (χ3v) is 3.70. The van der Waals surface area contributed by atoms with Crippen LogP contribution in [0.1, 0.15) is 0 Å². The van der Waals surface area contributed by atoms with Crippen LogP contribution in [0.3, 0.4) is 0 Å². The first kappa shape index (κ1) is 12.7. The lowest BCUT2D eigenvalue weighted by Gasteiger charge is -2.09. The van der Waals surface area contributed by atoms with Gasteiger partial charge < -0.3 is 4.57 Å². The molecule has 106 valence electrons. The highest BCUT2D eigenvalue weighted by Crippen LogP contribution is 2.22. The third kappa shape index (κ3) is 2.23. The zero-order valence-corrected chi connectivity index (χ0v) is 12.0. The Morgan fingerprint density at radius 2 is 1.36 bits per heavy atom. The average Bonchev–Trinajstić information content (AvgIpc) is 3.28. The zero-order chi connectivity index (χ0) is 14.8. The Labute approximate surface area is 129 Å². The second-order valence-corrected chi connectivity index (χ2v) is 5.09. The normalized spacial score (nSPS) is 10.7. The number of hydrogen-bond acceptors (Lipinski definition) is 1. The first-order valence-electron chi connectivity index (χ1n) is 7.24. The largest absolute Gasteiger partial charge is 0.324 e. The quantitative estimate of drug-likeness (QED) is 0.549. The van der Waals surface area contributed by atoms with Crippen LogP contribution < -0.4 is 0 Å². The van der Waals surface area contributed by atoms with Crippen LogP contribution in [0.5, 0.6) is 0 Å². The summed E-state index contributed by atoms with van der Waals surface area (Å²) < 4.78 is 4.19. The van der Waals surface area contributed by atoms with Crippen LogP contribution in [0.15, 0.2) is 91.5 Å². The van der Waals surface area contributed by atoms with Gasteiger partial charge in [-0.15, -0.1) is 0 Å². The Bertz CT molecular complexity index is 857. The molecule has 2 aromatic carbocycles. The van der Waals surface area contributed by atoms with Crippen molar-refractivity contribution in [2.75, 3.05) is 0 Å². The maximum atomic E-state index is 4.51. The molecular weight excluding hydrogens is 270 g/mol. The molecule has 2 aromatic heterocycles. The van der Waals surface area contributed by atoms with Gasteiger partial charge in [0.1, 0.15) is 5.82 Å². The van der Waals surface area contributed by atoms with E-state index in [1.54, 1.807) is 0 Å². The zero-order valence-electron chi connectivity index (χ0n) is 12.0. The number of para-hydroxylation sites is 1. The van der Waals surface area contributed by atoms with Crippen LogP contribution in [0.4, 0.5) is 0 Å². The number of hydrogen-bond donors (Lipinski definition) is 0. The van der Waals surface area contributed by atoms with E-state index in [-0.39, 0.29) is 0 Å². The van der Waals surface area contributed by atoms with Gasteiger partial charge in [0.25, 0.3) is 0 Å². The topological polar surface area (TPSA) is 22.8 Å². The predicted molar refractivity (Wildman–Crippen MR) is 88.3 cm³/mol. The molecule has 0 spiro atoms. The first-order chi connectivity index (χ1) is 10.9. The summed E-state index contributed by atoms with van der Waals surface area (Å²) in [6.45, 7) is 0. The van der Waals surface area contributed by atoms with Crippen molar-refractivity contribution in [3.8, 4) is 22.8 Å². The number of benzene rings is 2. The third-order valence-electron chi connectivity index (χ3n) is 3.70. The summed E-state index contributed by atoms with van der Waals surface area (Å²) in [6.07, 6.45) is 7.91. The van der Waals surface area contributed by atoms with Gasteiger partial charge in [0.15, 0.2) is 0 Å². The summed E-state index contributed by atoms with van der Waals surface area (Å²) in [5.74, 6) is 0.949. The summed E-state index contributed by atoms with van der Waals surface area (Å²) in [5, 5.41) is 0. The molecule has 0 unspecified atom stereocenters. The second kappa shape index (κ2) is 5.37. The maximum absolute atomic E-state index is 4.51. The maximum Gasteiger partial charge on any atom is 0.144 e. The fraction of sp³-hybridized carbons (Fsp3) is 0. The molecule has 0 aliphatic carbocycles. The van der Waals surface area contributed by atoms with Crippen LogP contribution in [0.2, 0.25) is 0 Å². The average molecular weight is 285 g/mol. The molecule has 4 aromatic rings. The highest BCUT2D eigenvalue weighted by atomic mass is 15.1. The molecule has 0 bridgehead atoms. The van der Waals surface area contributed by atoms with Gasteiger partial charge in [0, 0.05) is 41.7 Å². The van der Waals surface area contributed by atoms with E-state index in [4.69, 9.17) is 0 Å². The highest BCUT2D eigenvalue weighted by Gasteiger charge is 2.07. The van der Waals surface area contributed by atoms with Crippen molar-refractivity contribution < 1.29 is 0 Å². The molecule has 0 amide bonds. The number of aromatic nitrogens is 3. The summed E-state index contributed by atoms with van der Waals surface area (Å²) in [4.78, 5) is 4.51. The Morgan fingerprint density at radius 1 is 0.636 bits per heavy atom. The lowest BCUT2D eigenvalue weighted by molar-refractivity contribution is 1.06. The molecule has 0 fully saturated rings. The highest BCUT2D eigenvalue weighted by molar-refractivity contribution is 5.60. The summed E-state index contributed by atoms with van der Waals surface area (Å²) in [7, 11) is 0. The molecule has 0 saturated heterocycles. The molecule has 0 N–H and O–H groups in total. The van der Waals surface area contributed by atoms with Gasteiger partial charge in [-0.25, -0.2) is 4.98 Å². The fourth-order valence-electron chi connectivity index (χ4n) is 2.60. The van der Waals surface area contributed by atoms with Gasteiger partial charge in [-0.05, 0) is 48.5 Å². The van der Waals surface area contributed by atoms with E-state index in [1.807, 2.05) is 55.1 Å². The van der Waals surface area contributed by atoms with Gasteiger partial charge >= 0.3 is 0 Å². The van der Waals surface area contributed by atoms with Gasteiger partial charge in [-0.3, -0.25) is 4.57 Å². The van der Waals surface area contributed by atoms with Crippen molar-refractivity contribution in [1.29, 1.82) is 0 Å². The Balaban J connectivity index is 1.73. The summed E-state index contributed by atoms with van der Waals surface area (Å²) in [5.41, 5.74) is 3.36. The van der Waals surface area contributed by atoms with Crippen molar-refractivity contribution in [3.05, 3.63) is 91.5 Å². The molecule has 2 heterocycles. The molecule has 4 rings (SSSR count). The van der Waals surface area contributed by atoms with Crippen LogP contribution in [0.25, 0.3) is 22.8 Å². The van der Waals surface area contributed by atoms with Gasteiger partial charge in [-0.1, -0.05) is 18.2 Å². The van der Waals surface area contributed by atoms with E-state index < -0.39 is 0 Å². The lowest BCUT2D eigenvalue weighted by Crippen LogP contribution is -1.96. The number of nitrogens with zero attached hydrogens (tertiary/aromatic N) is 3. The standard InChI is InChI=1S/C19H15N3/c1-2-6-18(7-3-1)22-15-12-20-19(22)16-8-10-17(11-9-16)21-13-4-5-14-21/h1-15H. The van der Waals surface area contributed by atoms with Crippen LogP contribution >= 0.6 is 0 Å². The van der Waals surface area contributed by atoms with Crippen molar-refractivity contribution in [3.63, 3.8) is 0 Å². The van der Waals surface area contributed by atoms with Gasteiger partial charge in [0.2, 0.25) is 0 Å². The molecular formula is C19H15N3. The Morgan fingerprint density at radius 3 is 2.09 bits per heavy atom. The summed E-state index contributed by atoms with van der Waals surface area (Å²) >= 11 is 0. The van der Waals surface area contributed by atoms with E-state index in [0.717, 1.165) is 22.8 Å². The van der Waals surface area contributed by atoms with Crippen LogP contribution in [0, 0.1) is 0 Å². The predicted octanol–water partition coefficient (Wildman–Crippen LogP) is 4.33. The van der Waals surface area contributed by atoms with E-state index in [0.29, 0.717) is 0 Å². The minimum absolute atomic E-state index is 0.949. The molecule has 0 atom stereocenters. The molecule has 0 radical (unpaired) electrons. The van der Waals surface area contributed by atoms with E-state index >= 15 is 0 Å². The molecule has 22 heavy (non-hydrogen) atoms. The van der Waals surface area contributed by atoms with Gasteiger partial charge in [0.05, 0.1) is 0 Å². The monoisotopic (exact) mass is 285 g/mol. The summed E-state index contributed by atoms with van der Waals surface area (Å²) in [6, 6.07) is 22.7. The van der Waals surface area contributed by atoms with Crippen molar-refractivity contribution in [1.82, 2.24) is 14.1 Å². The Hall–Kier alpha value is -3.07. The van der Waals surface area contributed by atoms with Crippen molar-refractivity contribution >= 4 is 0 Å². The van der Waals surface area contributed by atoms with E-state index in [1.165, 1.54) is 0 Å². The Kier molecular flexibility index (Phi) is 3.09. The van der Waals surface area contributed by atoms with Crippen LogP contribution in [-0.4, -0.2) is 14.1 Å². The molecule has 0 aliphatic heterocycles. The SMILES string of the molecule is c1ccc(-n2ccnc2-c2ccc(-n3cccc3)cc2)cc1. The van der Waals surface area contributed by atoms with Crippen molar-refractivity contribution in [2.24, 2.45) is 0 Å². The molecule has 3 heteroatoms. The fourth-order valence-corrected chi connectivity index (χ4v) is 2.60. The minimum Gasteiger partial charge on any atom is -0.324 e. The van der Waals surface area contributed by atoms with E-state index in [9.17, 15) is 0 Å². The minimum atomic E-state index is 0.949. The molecule has 3 nitrogen and oxygen atoms in total. The second-order valence-electron chi connectivity index (χ2n) is 5.09. The van der Waals surface area contributed by atoms with Crippen LogP contribution in [-0.2, 0) is 0 Å². The smallest absolute Gasteiger partial charge is 0.144 e. The van der Waals surface area contributed by atoms with Gasteiger partial charge in [-0.2, -0.15) is 0 Å². The molecule has 0 saturated carbocycles. The molecule has 0 aliphatic rings. The van der Waals surface area contributed by atoms with E-state index in [2.05, 4.69) is 50.5 Å². The number of rotatable bonds is 3. The van der Waals surface area contributed by atoms with Crippen molar-refractivity contribution in [2.45, 2.75) is 0 Å². The first-order valence-corrected chi connectivity index (χ1v) is 7.24.